The molecule has 36 heavy (non-hydrogen) atoms. The van der Waals surface area contributed by atoms with Crippen LogP contribution >= 0.6 is 0 Å². The third-order valence-corrected chi connectivity index (χ3v) is 6.30. The van der Waals surface area contributed by atoms with Gasteiger partial charge in [0.2, 0.25) is 5.91 Å². The lowest BCUT2D eigenvalue weighted by molar-refractivity contribution is -0.138. The van der Waals surface area contributed by atoms with Crippen molar-refractivity contribution in [1.29, 1.82) is 0 Å². The van der Waals surface area contributed by atoms with Gasteiger partial charge < -0.3 is 15.0 Å². The number of nitrogens with zero attached hydrogens (tertiary/aromatic N) is 2. The molecule has 0 aliphatic rings. The molecule has 0 bridgehead atoms. The van der Waals surface area contributed by atoms with Crippen LogP contribution in [-0.4, -0.2) is 26.5 Å². The lowest BCUT2D eigenvalue weighted by Crippen LogP contribution is -2.40. The van der Waals surface area contributed by atoms with Crippen molar-refractivity contribution in [2.45, 2.75) is 66.0 Å². The predicted molar refractivity (Wildman–Crippen MR) is 141 cm³/mol. The normalized spacial score (nSPS) is 12.8. The number of hydrogen-bond acceptors (Lipinski definition) is 4. The molecule has 7 heteroatoms. The number of carboxylic acid groups (broad SMARTS) is 1. The minimum Gasteiger partial charge on any atom is -0.481 e. The summed E-state index contributed by atoms with van der Waals surface area (Å²) in [4.78, 5) is 42.6. The van der Waals surface area contributed by atoms with E-state index in [-0.39, 0.29) is 17.9 Å². The van der Waals surface area contributed by atoms with Gasteiger partial charge in [0, 0.05) is 29.7 Å². The molecule has 0 aliphatic heterocycles. The van der Waals surface area contributed by atoms with Gasteiger partial charge in [-0.05, 0) is 67.0 Å². The van der Waals surface area contributed by atoms with Crippen molar-refractivity contribution in [3.05, 3.63) is 87.6 Å². The van der Waals surface area contributed by atoms with Crippen LogP contribution in [0.4, 0.5) is 0 Å². The van der Waals surface area contributed by atoms with Crippen molar-refractivity contribution in [2.24, 2.45) is 5.92 Å². The highest BCUT2D eigenvalue weighted by Crippen LogP contribution is 2.30. The number of carboxylic acids is 1. The van der Waals surface area contributed by atoms with Gasteiger partial charge in [-0.25, -0.2) is 0 Å². The van der Waals surface area contributed by atoms with E-state index in [4.69, 9.17) is 0 Å². The third kappa shape index (κ3) is 6.47. The summed E-state index contributed by atoms with van der Waals surface area (Å²) in [6.45, 7) is 9.83. The van der Waals surface area contributed by atoms with Crippen molar-refractivity contribution in [2.75, 3.05) is 0 Å². The first-order valence-electron chi connectivity index (χ1n) is 12.4. The zero-order valence-corrected chi connectivity index (χ0v) is 21.6. The van der Waals surface area contributed by atoms with E-state index in [1.165, 1.54) is 10.6 Å². The summed E-state index contributed by atoms with van der Waals surface area (Å²) < 4.78 is 1.43. The number of rotatable bonds is 10. The first-order valence-corrected chi connectivity index (χ1v) is 12.4. The van der Waals surface area contributed by atoms with Crippen LogP contribution in [0.25, 0.3) is 11.1 Å². The average molecular weight is 490 g/mol. The maximum atomic E-state index is 13.5. The average Bonchev–Trinajstić information content (AvgIpc) is 2.82. The number of amides is 1. The number of nitrogens with one attached hydrogen (secondary N) is 1. The van der Waals surface area contributed by atoms with E-state index >= 15 is 0 Å². The Morgan fingerprint density at radius 2 is 1.81 bits per heavy atom. The van der Waals surface area contributed by atoms with Gasteiger partial charge in [0.05, 0.1) is 12.5 Å². The van der Waals surface area contributed by atoms with E-state index in [2.05, 4.69) is 10.3 Å². The Labute approximate surface area is 212 Å². The van der Waals surface area contributed by atoms with Crippen LogP contribution < -0.4 is 10.9 Å². The molecule has 2 N–H and O–H groups in total. The van der Waals surface area contributed by atoms with Crippen LogP contribution in [0.1, 0.15) is 68.1 Å². The first kappa shape index (κ1) is 26.9. The second kappa shape index (κ2) is 11.8. The molecule has 190 valence electrons. The number of benzene rings is 1. The molecular weight excluding hydrogens is 454 g/mol. The molecule has 1 aromatic carbocycles. The third-order valence-electron chi connectivity index (χ3n) is 6.30. The lowest BCUT2D eigenvalue weighted by Gasteiger charge is -2.25. The fraction of sp³-hybridized carbons (Fsp3) is 0.379. The van der Waals surface area contributed by atoms with Gasteiger partial charge in [0.25, 0.3) is 5.56 Å². The molecule has 3 rings (SSSR count). The van der Waals surface area contributed by atoms with Crippen LogP contribution in [-0.2, 0) is 16.0 Å². The fourth-order valence-corrected chi connectivity index (χ4v) is 4.42. The Bertz CT molecular complexity index is 1300. The summed E-state index contributed by atoms with van der Waals surface area (Å²) >= 11 is 0. The minimum atomic E-state index is -1.04. The van der Waals surface area contributed by atoms with Crippen LogP contribution in [0.3, 0.4) is 0 Å². The molecule has 0 fully saturated rings. The molecule has 2 aromatic heterocycles. The SMILES string of the molecule is CCc1ncc([C@H](CC(=O)O)NC(=O)C(CC(C)C)n2ccc(C)cc2=O)cc1-c1ccccc1C. The summed E-state index contributed by atoms with van der Waals surface area (Å²) in [5.41, 5.74) is 5.09. The Balaban J connectivity index is 2.02. The van der Waals surface area contributed by atoms with Crippen molar-refractivity contribution in [3.8, 4) is 11.1 Å². The Kier molecular flexibility index (Phi) is 8.80. The van der Waals surface area contributed by atoms with Gasteiger partial charge in [-0.15, -0.1) is 0 Å². The Hall–Kier alpha value is -3.74. The van der Waals surface area contributed by atoms with Gasteiger partial charge >= 0.3 is 5.97 Å². The zero-order valence-electron chi connectivity index (χ0n) is 21.6. The standard InChI is InChI=1S/C29H35N3O4/c1-6-24-23(22-10-8-7-9-20(22)5)15-21(17-30-24)25(16-28(34)35)31-29(36)26(13-18(2)3)32-12-11-19(4)14-27(32)33/h7-12,14-15,17-18,25-26H,6,13,16H2,1-5H3,(H,31,36)(H,34,35)/t25-,26?/m0/s1. The Morgan fingerprint density at radius 1 is 1.08 bits per heavy atom. The van der Waals surface area contributed by atoms with Crippen molar-refractivity contribution < 1.29 is 14.7 Å². The van der Waals surface area contributed by atoms with E-state index in [0.29, 0.717) is 18.4 Å². The highest BCUT2D eigenvalue weighted by atomic mass is 16.4. The highest BCUT2D eigenvalue weighted by molar-refractivity contribution is 5.82. The van der Waals surface area contributed by atoms with Crippen molar-refractivity contribution in [1.82, 2.24) is 14.9 Å². The Morgan fingerprint density at radius 3 is 2.42 bits per heavy atom. The number of pyridine rings is 2. The van der Waals surface area contributed by atoms with Crippen LogP contribution in [0.5, 0.6) is 0 Å². The first-order chi connectivity index (χ1) is 17.1. The maximum absolute atomic E-state index is 13.5. The van der Waals surface area contributed by atoms with E-state index in [9.17, 15) is 19.5 Å². The fourth-order valence-electron chi connectivity index (χ4n) is 4.42. The molecule has 7 nitrogen and oxygen atoms in total. The van der Waals surface area contributed by atoms with E-state index < -0.39 is 24.0 Å². The molecule has 0 saturated heterocycles. The largest absolute Gasteiger partial charge is 0.481 e. The molecule has 1 amide bonds. The molecule has 3 aromatic rings. The number of carbonyl (C=O) groups is 2. The van der Waals surface area contributed by atoms with E-state index in [1.54, 1.807) is 18.5 Å². The van der Waals surface area contributed by atoms with Gasteiger partial charge in [-0.1, -0.05) is 45.0 Å². The molecule has 0 aliphatic carbocycles. The zero-order chi connectivity index (χ0) is 26.4. The number of aliphatic carboxylic acids is 1. The number of carbonyl (C=O) groups excluding carboxylic acids is 1. The predicted octanol–water partition coefficient (Wildman–Crippen LogP) is 5.01. The topological polar surface area (TPSA) is 101 Å². The summed E-state index contributed by atoms with van der Waals surface area (Å²) in [5, 5.41) is 12.6. The van der Waals surface area contributed by atoms with Gasteiger partial charge in [0.15, 0.2) is 0 Å². The molecule has 0 spiro atoms. The number of hydrogen-bond donors (Lipinski definition) is 2. The van der Waals surface area contributed by atoms with Gasteiger partial charge in [-0.3, -0.25) is 19.4 Å². The molecule has 2 heterocycles. The highest BCUT2D eigenvalue weighted by Gasteiger charge is 2.27. The van der Waals surface area contributed by atoms with Gasteiger partial charge in [-0.2, -0.15) is 0 Å². The van der Waals surface area contributed by atoms with Crippen LogP contribution in [0.15, 0.2) is 59.7 Å². The summed E-state index contributed by atoms with van der Waals surface area (Å²) in [7, 11) is 0. The molecule has 0 saturated carbocycles. The van der Waals surface area contributed by atoms with E-state index in [0.717, 1.165) is 27.9 Å². The van der Waals surface area contributed by atoms with Gasteiger partial charge in [0.1, 0.15) is 6.04 Å². The minimum absolute atomic E-state index is 0.144. The molecule has 0 radical (unpaired) electrons. The lowest BCUT2D eigenvalue weighted by atomic mass is 9.94. The molecule has 1 unspecified atom stereocenters. The summed E-state index contributed by atoms with van der Waals surface area (Å²) in [6.07, 6.45) is 4.13. The quantitative estimate of drug-likeness (QED) is 0.417. The summed E-state index contributed by atoms with van der Waals surface area (Å²) in [5.74, 6) is -1.28. The van der Waals surface area contributed by atoms with Crippen molar-refractivity contribution >= 4 is 11.9 Å². The summed E-state index contributed by atoms with van der Waals surface area (Å²) in [6, 6.07) is 11.6. The van der Waals surface area contributed by atoms with E-state index in [1.807, 2.05) is 65.0 Å². The molecule has 2 atom stereocenters. The number of aryl methyl sites for hydroxylation is 3. The second-order valence-electron chi connectivity index (χ2n) is 9.69. The number of aromatic nitrogens is 2. The van der Waals surface area contributed by atoms with Crippen LogP contribution in [0, 0.1) is 19.8 Å². The van der Waals surface area contributed by atoms with Crippen molar-refractivity contribution in [3.63, 3.8) is 0 Å². The monoisotopic (exact) mass is 489 g/mol. The van der Waals surface area contributed by atoms with Crippen LogP contribution in [0.2, 0.25) is 0 Å². The smallest absolute Gasteiger partial charge is 0.305 e. The second-order valence-corrected chi connectivity index (χ2v) is 9.69. The molecular formula is C29H35N3O4. The maximum Gasteiger partial charge on any atom is 0.305 e.